The molecule has 0 aromatic heterocycles. The zero-order valence-corrected chi connectivity index (χ0v) is 26.4. The van der Waals surface area contributed by atoms with Crippen molar-refractivity contribution in [3.8, 4) is 5.75 Å². The molecule has 1 aliphatic rings. The van der Waals surface area contributed by atoms with Crippen LogP contribution in [-0.4, -0.2) is 26.3 Å². The Morgan fingerprint density at radius 3 is 2.14 bits per heavy atom. The number of nitrogens with two attached hydrogens (primary N) is 1. The first-order valence-electron chi connectivity index (χ1n) is 14.5. The molecule has 0 radical (unpaired) electrons. The fourth-order valence-corrected chi connectivity index (χ4v) is 5.00. The summed E-state index contributed by atoms with van der Waals surface area (Å²) in [6, 6.07) is 17.9. The normalized spacial score (nSPS) is 16.0. The first kappa shape index (κ1) is 37.2. The van der Waals surface area contributed by atoms with Crippen LogP contribution in [0.15, 0.2) is 78.5 Å². The van der Waals surface area contributed by atoms with E-state index in [-0.39, 0.29) is 24.6 Å². The van der Waals surface area contributed by atoms with Gasteiger partial charge < -0.3 is 14.4 Å². The number of methoxy groups -OCH3 is 1. The summed E-state index contributed by atoms with van der Waals surface area (Å²) in [7, 11) is 1.54. The van der Waals surface area contributed by atoms with Crippen molar-refractivity contribution >= 4 is 11.6 Å². The Balaban J connectivity index is 0.000000514. The standard InChI is InChI=1S/C22H23F4NO.C8H10N2O.2C2H6/c1-5-20-21(3,13-15-16(22(24,25)26)8-7-9-18(15)23)17-12-14(28-4)10-11-19(17)27(20)6-2;9-6-11-8(10)7-4-2-1-3-5-7;2*1-2/h5,7-12H,6,13H2,1-4H3;1-5,10H,6,9H2;2*1-2H3/b20-5-;;;. The highest BCUT2D eigenvalue weighted by molar-refractivity contribution is 5.91. The Hall–Kier alpha value is -3.85. The largest absolute Gasteiger partial charge is 0.497 e. The van der Waals surface area contributed by atoms with Crippen molar-refractivity contribution < 1.29 is 27.0 Å². The number of likely N-dealkylation sites (N-methyl/N-ethyl adjacent to an activating group) is 1. The van der Waals surface area contributed by atoms with Gasteiger partial charge in [-0.3, -0.25) is 11.1 Å². The first-order valence-corrected chi connectivity index (χ1v) is 14.5. The quantitative estimate of drug-likeness (QED) is 0.128. The lowest BCUT2D eigenvalue weighted by molar-refractivity contribution is -0.138. The van der Waals surface area contributed by atoms with Gasteiger partial charge in [0.1, 0.15) is 18.3 Å². The van der Waals surface area contributed by atoms with Crippen LogP contribution in [-0.2, 0) is 22.7 Å². The van der Waals surface area contributed by atoms with Crippen LogP contribution in [0.3, 0.4) is 0 Å². The molecule has 0 bridgehead atoms. The lowest BCUT2D eigenvalue weighted by Crippen LogP contribution is -2.31. The molecular weight excluding hydrogens is 558 g/mol. The fraction of sp³-hybridized carbons (Fsp3) is 0.382. The molecule has 3 aromatic rings. The smallest absolute Gasteiger partial charge is 0.416 e. The highest BCUT2D eigenvalue weighted by Crippen LogP contribution is 2.51. The molecule has 5 nitrogen and oxygen atoms in total. The average Bonchev–Trinajstić information content (AvgIpc) is 3.26. The molecule has 0 spiro atoms. The van der Waals surface area contributed by atoms with Crippen molar-refractivity contribution in [1.29, 1.82) is 5.41 Å². The number of halogens is 4. The maximum Gasteiger partial charge on any atom is 0.416 e. The third-order valence-electron chi connectivity index (χ3n) is 6.75. The van der Waals surface area contributed by atoms with Crippen LogP contribution in [0.25, 0.3) is 0 Å². The number of ether oxygens (including phenoxy) is 2. The summed E-state index contributed by atoms with van der Waals surface area (Å²) in [6.45, 7) is 14.4. The molecule has 236 valence electrons. The van der Waals surface area contributed by atoms with E-state index in [4.69, 9.17) is 20.6 Å². The Morgan fingerprint density at radius 2 is 1.63 bits per heavy atom. The predicted octanol–water partition coefficient (Wildman–Crippen LogP) is 9.09. The Labute approximate surface area is 253 Å². The summed E-state index contributed by atoms with van der Waals surface area (Å²) in [4.78, 5) is 2.06. The molecule has 9 heteroatoms. The van der Waals surface area contributed by atoms with Gasteiger partial charge in [-0.2, -0.15) is 13.2 Å². The summed E-state index contributed by atoms with van der Waals surface area (Å²) in [5.41, 5.74) is 6.38. The summed E-state index contributed by atoms with van der Waals surface area (Å²) >= 11 is 0. The van der Waals surface area contributed by atoms with Crippen LogP contribution in [0.4, 0.5) is 23.2 Å². The van der Waals surface area contributed by atoms with Crippen molar-refractivity contribution in [3.63, 3.8) is 0 Å². The number of anilines is 1. The summed E-state index contributed by atoms with van der Waals surface area (Å²) in [6.07, 6.45) is -2.83. The summed E-state index contributed by atoms with van der Waals surface area (Å²) in [5, 5.41) is 7.33. The van der Waals surface area contributed by atoms with Crippen LogP contribution >= 0.6 is 0 Å². The summed E-state index contributed by atoms with van der Waals surface area (Å²) in [5.74, 6) is -0.109. The number of allylic oxidation sites excluding steroid dienone is 2. The molecule has 1 atom stereocenters. The molecule has 43 heavy (non-hydrogen) atoms. The number of benzene rings is 3. The van der Waals surface area contributed by atoms with E-state index < -0.39 is 23.0 Å². The van der Waals surface area contributed by atoms with Crippen molar-refractivity contribution in [3.05, 3.63) is 107 Å². The average molecular weight is 604 g/mol. The van der Waals surface area contributed by atoms with Gasteiger partial charge in [0.05, 0.1) is 12.7 Å². The SMILES string of the molecule is C/C=C1\N(CC)c2ccc(OC)cc2C1(C)Cc1c(F)cccc1C(F)(F)F.CC.CC.N=C(OCN)c1ccccc1. The highest BCUT2D eigenvalue weighted by Gasteiger charge is 2.45. The molecular formula is C34H45F4N3O2. The molecule has 1 aliphatic heterocycles. The van der Waals surface area contributed by atoms with Crippen LogP contribution in [0, 0.1) is 11.2 Å². The number of alkyl halides is 3. The maximum absolute atomic E-state index is 14.6. The van der Waals surface area contributed by atoms with E-state index in [0.717, 1.165) is 40.7 Å². The second kappa shape index (κ2) is 17.3. The minimum Gasteiger partial charge on any atom is -0.497 e. The van der Waals surface area contributed by atoms with Crippen molar-refractivity contribution in [2.75, 3.05) is 25.3 Å². The van der Waals surface area contributed by atoms with Gasteiger partial charge in [-0.25, -0.2) is 4.39 Å². The lowest BCUT2D eigenvalue weighted by Gasteiger charge is -2.31. The van der Waals surface area contributed by atoms with Crippen molar-refractivity contribution in [2.24, 2.45) is 5.73 Å². The zero-order chi connectivity index (χ0) is 32.8. The highest BCUT2D eigenvalue weighted by atomic mass is 19.4. The zero-order valence-electron chi connectivity index (χ0n) is 26.4. The van der Waals surface area contributed by atoms with Gasteiger partial charge in [-0.15, -0.1) is 0 Å². The monoisotopic (exact) mass is 603 g/mol. The lowest BCUT2D eigenvalue weighted by atomic mass is 9.75. The van der Waals surface area contributed by atoms with Crippen molar-refractivity contribution in [2.45, 2.75) is 66.5 Å². The minimum atomic E-state index is -4.62. The van der Waals surface area contributed by atoms with Gasteiger partial charge in [-0.1, -0.05) is 58.0 Å². The maximum atomic E-state index is 14.6. The van der Waals surface area contributed by atoms with Gasteiger partial charge >= 0.3 is 6.18 Å². The molecule has 3 aromatic carbocycles. The van der Waals surface area contributed by atoms with Crippen LogP contribution in [0.2, 0.25) is 0 Å². The number of rotatable bonds is 6. The molecule has 0 fully saturated rings. The molecule has 1 heterocycles. The Morgan fingerprint density at radius 1 is 1.00 bits per heavy atom. The number of nitrogens with one attached hydrogen (secondary N) is 1. The van der Waals surface area contributed by atoms with Gasteiger partial charge in [0.2, 0.25) is 5.90 Å². The van der Waals surface area contributed by atoms with E-state index in [0.29, 0.717) is 12.3 Å². The first-order chi connectivity index (χ1) is 20.5. The van der Waals surface area contributed by atoms with E-state index in [2.05, 4.69) is 4.90 Å². The third kappa shape index (κ3) is 8.83. The van der Waals surface area contributed by atoms with E-state index >= 15 is 0 Å². The van der Waals surface area contributed by atoms with Gasteiger partial charge in [0, 0.05) is 34.5 Å². The molecule has 0 saturated heterocycles. The van der Waals surface area contributed by atoms with E-state index in [1.165, 1.54) is 0 Å². The van der Waals surface area contributed by atoms with E-state index in [1.54, 1.807) is 19.2 Å². The van der Waals surface area contributed by atoms with Crippen molar-refractivity contribution in [1.82, 2.24) is 0 Å². The number of hydrogen-bond acceptors (Lipinski definition) is 5. The molecule has 4 rings (SSSR count). The Kier molecular flexibility index (Phi) is 15.0. The van der Waals surface area contributed by atoms with E-state index in [9.17, 15) is 17.6 Å². The second-order valence-corrected chi connectivity index (χ2v) is 9.08. The van der Waals surface area contributed by atoms with Crippen LogP contribution < -0.4 is 15.4 Å². The van der Waals surface area contributed by atoms with Crippen LogP contribution in [0.5, 0.6) is 5.75 Å². The summed E-state index contributed by atoms with van der Waals surface area (Å²) < 4.78 is 65.4. The molecule has 3 N–H and O–H groups in total. The number of fused-ring (bicyclic) bond motifs is 1. The second-order valence-electron chi connectivity index (χ2n) is 9.08. The molecule has 0 amide bonds. The fourth-order valence-electron chi connectivity index (χ4n) is 5.00. The number of hydrogen-bond donors (Lipinski definition) is 2. The van der Waals surface area contributed by atoms with Crippen LogP contribution in [0.1, 0.15) is 70.7 Å². The molecule has 1 unspecified atom stereocenters. The molecule has 0 aliphatic carbocycles. The minimum absolute atomic E-state index is 0.0493. The third-order valence-corrected chi connectivity index (χ3v) is 6.75. The topological polar surface area (TPSA) is 71.6 Å². The predicted molar refractivity (Wildman–Crippen MR) is 168 cm³/mol. The van der Waals surface area contributed by atoms with Gasteiger partial charge in [0.25, 0.3) is 0 Å². The Bertz CT molecular complexity index is 1330. The number of nitrogens with zero attached hydrogens (tertiary/aromatic N) is 1. The van der Waals surface area contributed by atoms with E-state index in [1.807, 2.05) is 90.9 Å². The van der Waals surface area contributed by atoms with Gasteiger partial charge in [-0.05, 0) is 75.2 Å². The molecule has 0 saturated carbocycles. The van der Waals surface area contributed by atoms with Gasteiger partial charge in [0.15, 0.2) is 0 Å².